The van der Waals surface area contributed by atoms with Crippen LogP contribution in [-0.4, -0.2) is 31.5 Å². The van der Waals surface area contributed by atoms with Crippen LogP contribution in [0.1, 0.15) is 49.9 Å². The SMILES string of the molecule is CCCC1NCCn2c(-c3cc(C)nnc3CC)nnc21. The lowest BCUT2D eigenvalue weighted by Gasteiger charge is -2.25. The molecular weight excluding hydrogens is 264 g/mol. The highest BCUT2D eigenvalue weighted by molar-refractivity contribution is 5.59. The number of aryl methyl sites for hydroxylation is 2. The van der Waals surface area contributed by atoms with E-state index in [-0.39, 0.29) is 0 Å². The van der Waals surface area contributed by atoms with Crippen LogP contribution in [0.2, 0.25) is 0 Å². The first kappa shape index (κ1) is 14.1. The van der Waals surface area contributed by atoms with Crippen LogP contribution in [0.5, 0.6) is 0 Å². The third-order valence-corrected chi connectivity index (χ3v) is 3.96. The summed E-state index contributed by atoms with van der Waals surface area (Å²) in [5.74, 6) is 1.98. The Labute approximate surface area is 125 Å². The minimum Gasteiger partial charge on any atom is -0.308 e. The first-order valence-corrected chi connectivity index (χ1v) is 7.74. The number of fused-ring (bicyclic) bond motifs is 1. The Bertz CT molecular complexity index is 633. The number of rotatable bonds is 4. The van der Waals surface area contributed by atoms with Gasteiger partial charge in [-0.25, -0.2) is 0 Å². The Morgan fingerprint density at radius 3 is 2.86 bits per heavy atom. The van der Waals surface area contributed by atoms with Crippen molar-refractivity contribution in [1.82, 2.24) is 30.3 Å². The standard InChI is InChI=1S/C15H22N6/c1-4-6-13-15-20-19-14(21(15)8-7-16-13)11-9-10(3)17-18-12(11)5-2/h9,13,16H,4-8H2,1-3H3. The van der Waals surface area contributed by atoms with Crippen LogP contribution in [0.4, 0.5) is 0 Å². The van der Waals surface area contributed by atoms with Crippen molar-refractivity contribution in [1.29, 1.82) is 0 Å². The Balaban J connectivity index is 2.07. The van der Waals surface area contributed by atoms with Gasteiger partial charge in [0, 0.05) is 18.7 Å². The van der Waals surface area contributed by atoms with E-state index in [0.29, 0.717) is 6.04 Å². The van der Waals surface area contributed by atoms with Crippen LogP contribution in [0, 0.1) is 6.92 Å². The van der Waals surface area contributed by atoms with Crippen LogP contribution in [0.25, 0.3) is 11.4 Å². The van der Waals surface area contributed by atoms with Crippen molar-refractivity contribution in [3.8, 4) is 11.4 Å². The number of aromatic nitrogens is 5. The van der Waals surface area contributed by atoms with Gasteiger partial charge in [0.15, 0.2) is 11.6 Å². The van der Waals surface area contributed by atoms with Crippen molar-refractivity contribution in [2.45, 2.75) is 52.6 Å². The monoisotopic (exact) mass is 286 g/mol. The van der Waals surface area contributed by atoms with E-state index in [9.17, 15) is 0 Å². The summed E-state index contributed by atoms with van der Waals surface area (Å²) in [7, 11) is 0. The fourth-order valence-corrected chi connectivity index (χ4v) is 2.92. The number of nitrogens with one attached hydrogen (secondary N) is 1. The predicted octanol–water partition coefficient (Wildman–Crippen LogP) is 2.05. The van der Waals surface area contributed by atoms with Gasteiger partial charge >= 0.3 is 0 Å². The zero-order chi connectivity index (χ0) is 14.8. The van der Waals surface area contributed by atoms with Crippen molar-refractivity contribution in [3.63, 3.8) is 0 Å². The molecule has 3 heterocycles. The first-order chi connectivity index (χ1) is 10.2. The molecule has 0 saturated heterocycles. The molecule has 1 unspecified atom stereocenters. The van der Waals surface area contributed by atoms with Crippen molar-refractivity contribution >= 4 is 0 Å². The zero-order valence-corrected chi connectivity index (χ0v) is 12.9. The van der Waals surface area contributed by atoms with E-state index in [0.717, 1.165) is 61.0 Å². The second-order valence-corrected chi connectivity index (χ2v) is 5.53. The molecule has 1 aliphatic rings. The van der Waals surface area contributed by atoms with Crippen LogP contribution in [-0.2, 0) is 13.0 Å². The van der Waals surface area contributed by atoms with E-state index in [4.69, 9.17) is 0 Å². The minimum absolute atomic E-state index is 0.311. The largest absolute Gasteiger partial charge is 0.308 e. The predicted molar refractivity (Wildman–Crippen MR) is 80.8 cm³/mol. The van der Waals surface area contributed by atoms with Gasteiger partial charge in [0.05, 0.1) is 17.4 Å². The van der Waals surface area contributed by atoms with Crippen molar-refractivity contribution in [3.05, 3.63) is 23.3 Å². The quantitative estimate of drug-likeness (QED) is 0.931. The van der Waals surface area contributed by atoms with E-state index < -0.39 is 0 Å². The lowest BCUT2D eigenvalue weighted by Crippen LogP contribution is -2.33. The van der Waals surface area contributed by atoms with Gasteiger partial charge in [0.2, 0.25) is 0 Å². The van der Waals surface area contributed by atoms with Crippen molar-refractivity contribution in [2.75, 3.05) is 6.54 Å². The normalized spacial score (nSPS) is 17.8. The van der Waals surface area contributed by atoms with Crippen LogP contribution >= 0.6 is 0 Å². The summed E-state index contributed by atoms with van der Waals surface area (Å²) in [6.07, 6.45) is 3.07. The Morgan fingerprint density at radius 2 is 2.10 bits per heavy atom. The van der Waals surface area contributed by atoms with E-state index >= 15 is 0 Å². The highest BCUT2D eigenvalue weighted by Crippen LogP contribution is 2.27. The molecule has 0 amide bonds. The van der Waals surface area contributed by atoms with Gasteiger partial charge in [0.1, 0.15) is 0 Å². The maximum Gasteiger partial charge on any atom is 0.166 e. The molecule has 0 bridgehead atoms. The molecule has 0 aromatic carbocycles. The second-order valence-electron chi connectivity index (χ2n) is 5.53. The number of hydrogen-bond acceptors (Lipinski definition) is 5. The lowest BCUT2D eigenvalue weighted by molar-refractivity contribution is 0.394. The van der Waals surface area contributed by atoms with E-state index in [1.165, 1.54) is 0 Å². The highest BCUT2D eigenvalue weighted by atomic mass is 15.3. The molecule has 0 spiro atoms. The van der Waals surface area contributed by atoms with Crippen LogP contribution in [0.3, 0.4) is 0 Å². The summed E-state index contributed by atoms with van der Waals surface area (Å²) >= 11 is 0. The molecular formula is C15H22N6. The van der Waals surface area contributed by atoms with E-state index in [1.807, 2.05) is 6.92 Å². The Hall–Kier alpha value is -1.82. The summed E-state index contributed by atoms with van der Waals surface area (Å²) in [4.78, 5) is 0. The molecule has 0 radical (unpaired) electrons. The first-order valence-electron chi connectivity index (χ1n) is 7.74. The summed E-state index contributed by atoms with van der Waals surface area (Å²) in [5.41, 5.74) is 2.97. The number of nitrogens with zero attached hydrogens (tertiary/aromatic N) is 5. The minimum atomic E-state index is 0.311. The van der Waals surface area contributed by atoms with Gasteiger partial charge in [-0.05, 0) is 25.8 Å². The molecule has 1 atom stereocenters. The maximum absolute atomic E-state index is 4.46. The van der Waals surface area contributed by atoms with Crippen molar-refractivity contribution < 1.29 is 0 Å². The van der Waals surface area contributed by atoms with Gasteiger partial charge in [-0.15, -0.1) is 10.2 Å². The molecule has 6 heteroatoms. The third-order valence-electron chi connectivity index (χ3n) is 3.96. The fraction of sp³-hybridized carbons (Fsp3) is 0.600. The van der Waals surface area contributed by atoms with Gasteiger partial charge in [-0.2, -0.15) is 10.2 Å². The Kier molecular flexibility index (Phi) is 3.96. The molecule has 112 valence electrons. The molecule has 0 fully saturated rings. The summed E-state index contributed by atoms with van der Waals surface area (Å²) in [6.45, 7) is 8.12. The molecule has 2 aromatic rings. The van der Waals surface area contributed by atoms with Crippen LogP contribution in [0.15, 0.2) is 6.07 Å². The van der Waals surface area contributed by atoms with E-state index in [2.05, 4.69) is 50.2 Å². The smallest absolute Gasteiger partial charge is 0.166 e. The summed E-state index contributed by atoms with van der Waals surface area (Å²) < 4.78 is 2.24. The molecule has 3 rings (SSSR count). The molecule has 1 N–H and O–H groups in total. The second kappa shape index (κ2) is 5.89. The average Bonchev–Trinajstić information content (AvgIpc) is 2.92. The molecule has 21 heavy (non-hydrogen) atoms. The zero-order valence-electron chi connectivity index (χ0n) is 12.9. The topological polar surface area (TPSA) is 68.5 Å². The van der Waals surface area contributed by atoms with Gasteiger partial charge in [-0.3, -0.25) is 0 Å². The third kappa shape index (κ3) is 2.55. The molecule has 0 saturated carbocycles. The fourth-order valence-electron chi connectivity index (χ4n) is 2.92. The average molecular weight is 286 g/mol. The maximum atomic E-state index is 4.46. The summed E-state index contributed by atoms with van der Waals surface area (Å²) in [6, 6.07) is 2.38. The van der Waals surface area contributed by atoms with Gasteiger partial charge in [-0.1, -0.05) is 20.3 Å². The Morgan fingerprint density at radius 1 is 1.24 bits per heavy atom. The van der Waals surface area contributed by atoms with Crippen LogP contribution < -0.4 is 5.32 Å². The van der Waals surface area contributed by atoms with Crippen molar-refractivity contribution in [2.24, 2.45) is 0 Å². The highest BCUT2D eigenvalue weighted by Gasteiger charge is 2.25. The number of hydrogen-bond donors (Lipinski definition) is 1. The molecule has 6 nitrogen and oxygen atoms in total. The van der Waals surface area contributed by atoms with E-state index in [1.54, 1.807) is 0 Å². The molecule has 0 aliphatic carbocycles. The van der Waals surface area contributed by atoms with Gasteiger partial charge < -0.3 is 9.88 Å². The van der Waals surface area contributed by atoms with Gasteiger partial charge in [0.25, 0.3) is 0 Å². The molecule has 1 aliphatic heterocycles. The lowest BCUT2D eigenvalue weighted by atomic mass is 10.1. The molecule has 2 aromatic heterocycles. The summed E-state index contributed by atoms with van der Waals surface area (Å²) in [5, 5.41) is 20.9.